The first kappa shape index (κ1) is 20.3. The minimum atomic E-state index is -0.477. The third-order valence-corrected chi connectivity index (χ3v) is 5.75. The summed E-state index contributed by atoms with van der Waals surface area (Å²) in [4.78, 5) is 25.6. The monoisotopic (exact) mass is 417 g/mol. The molecule has 0 saturated heterocycles. The van der Waals surface area contributed by atoms with E-state index in [0.29, 0.717) is 21.9 Å². The van der Waals surface area contributed by atoms with Crippen LogP contribution in [0.4, 0.5) is 5.00 Å². The summed E-state index contributed by atoms with van der Waals surface area (Å²) in [6.45, 7) is 3.84. The number of hydrogen-bond donors (Lipinski definition) is 3. The van der Waals surface area contributed by atoms with E-state index >= 15 is 0 Å². The van der Waals surface area contributed by atoms with Gasteiger partial charge in [0.05, 0.1) is 11.7 Å². The number of hydrogen-bond acceptors (Lipinski definition) is 5. The van der Waals surface area contributed by atoms with Gasteiger partial charge in [0.1, 0.15) is 10.8 Å². The summed E-state index contributed by atoms with van der Waals surface area (Å²) >= 11 is 6.76. The quantitative estimate of drug-likeness (QED) is 0.646. The second kappa shape index (κ2) is 8.70. The van der Waals surface area contributed by atoms with Gasteiger partial charge in [0.15, 0.2) is 5.11 Å². The van der Waals surface area contributed by atoms with Crippen LogP contribution in [-0.2, 0) is 12.8 Å². The largest absolute Gasteiger partial charge is 0.491 e. The molecule has 2 amide bonds. The predicted octanol–water partition coefficient (Wildman–Crippen LogP) is 3.64. The third-order valence-electron chi connectivity index (χ3n) is 4.34. The first-order valence-electron chi connectivity index (χ1n) is 9.18. The molecule has 28 heavy (non-hydrogen) atoms. The first-order chi connectivity index (χ1) is 13.3. The molecule has 1 aromatic heterocycles. The Morgan fingerprint density at radius 3 is 2.71 bits per heavy atom. The minimum Gasteiger partial charge on any atom is -0.491 e. The zero-order valence-corrected chi connectivity index (χ0v) is 17.5. The molecule has 0 saturated carbocycles. The second-order valence-electron chi connectivity index (χ2n) is 6.88. The summed E-state index contributed by atoms with van der Waals surface area (Å²) in [5.74, 6) is -0.216. The average molecular weight is 418 g/mol. The van der Waals surface area contributed by atoms with Crippen molar-refractivity contribution in [3.63, 3.8) is 0 Å². The Labute approximate surface area is 173 Å². The number of fused-ring (bicyclic) bond motifs is 1. The molecule has 0 spiro atoms. The van der Waals surface area contributed by atoms with Gasteiger partial charge in [0.2, 0.25) is 0 Å². The van der Waals surface area contributed by atoms with Crippen LogP contribution in [0.25, 0.3) is 0 Å². The highest BCUT2D eigenvalue weighted by Crippen LogP contribution is 2.37. The number of nitrogens with one attached hydrogen (secondary N) is 2. The molecule has 0 radical (unpaired) electrons. The zero-order valence-electron chi connectivity index (χ0n) is 15.8. The molecule has 1 aliphatic carbocycles. The van der Waals surface area contributed by atoms with E-state index in [-0.39, 0.29) is 17.1 Å². The lowest BCUT2D eigenvalue weighted by molar-refractivity contribution is 0.0975. The number of carbonyl (C=O) groups is 2. The standard InChI is InChI=1S/C20H23N3O3S2/c1-11(2)26-13-7-5-6-12(10-13)18(25)22-20(27)23-19-16(17(21)24)14-8-3-4-9-15(14)28-19/h5-7,10-11H,3-4,8-9H2,1-2H3,(H2,21,24)(H2,22,23,25,27). The van der Waals surface area contributed by atoms with Gasteiger partial charge in [-0.05, 0) is 75.5 Å². The molecule has 2 aromatic rings. The van der Waals surface area contributed by atoms with E-state index in [2.05, 4.69) is 10.6 Å². The van der Waals surface area contributed by atoms with Gasteiger partial charge in [0.25, 0.3) is 11.8 Å². The molecule has 0 atom stereocenters. The van der Waals surface area contributed by atoms with Gasteiger partial charge in [-0.1, -0.05) is 6.07 Å². The molecule has 1 aliphatic rings. The van der Waals surface area contributed by atoms with Crippen LogP contribution in [-0.4, -0.2) is 23.0 Å². The van der Waals surface area contributed by atoms with Crippen LogP contribution in [0.3, 0.4) is 0 Å². The van der Waals surface area contributed by atoms with Crippen molar-refractivity contribution in [1.29, 1.82) is 0 Å². The minimum absolute atomic E-state index is 0.0122. The highest BCUT2D eigenvalue weighted by atomic mass is 32.1. The van der Waals surface area contributed by atoms with Gasteiger partial charge in [-0.25, -0.2) is 0 Å². The van der Waals surface area contributed by atoms with Gasteiger partial charge in [-0.15, -0.1) is 11.3 Å². The Hall–Kier alpha value is -2.45. The molecule has 8 heteroatoms. The van der Waals surface area contributed by atoms with E-state index in [1.807, 2.05) is 13.8 Å². The summed E-state index contributed by atoms with van der Waals surface area (Å²) in [6.07, 6.45) is 3.93. The van der Waals surface area contributed by atoms with Gasteiger partial charge >= 0.3 is 0 Å². The number of amides is 2. The van der Waals surface area contributed by atoms with Crippen LogP contribution < -0.4 is 21.1 Å². The van der Waals surface area contributed by atoms with Gasteiger partial charge < -0.3 is 15.8 Å². The fraction of sp³-hybridized carbons (Fsp3) is 0.350. The average Bonchev–Trinajstić information content (AvgIpc) is 2.99. The maximum Gasteiger partial charge on any atom is 0.257 e. The summed E-state index contributed by atoms with van der Waals surface area (Å²) < 4.78 is 5.62. The van der Waals surface area contributed by atoms with Crippen LogP contribution >= 0.6 is 23.6 Å². The van der Waals surface area contributed by atoms with E-state index in [9.17, 15) is 9.59 Å². The summed E-state index contributed by atoms with van der Waals surface area (Å²) in [5.41, 5.74) is 7.53. The van der Waals surface area contributed by atoms with Crippen LogP contribution in [0, 0.1) is 0 Å². The Kier molecular flexibility index (Phi) is 6.31. The summed E-state index contributed by atoms with van der Waals surface area (Å²) in [7, 11) is 0. The van der Waals surface area contributed by atoms with Crippen molar-refractivity contribution in [2.45, 2.75) is 45.6 Å². The lowest BCUT2D eigenvalue weighted by Gasteiger charge is -2.12. The van der Waals surface area contributed by atoms with Gasteiger partial charge in [0, 0.05) is 10.4 Å². The van der Waals surface area contributed by atoms with Crippen molar-refractivity contribution < 1.29 is 14.3 Å². The van der Waals surface area contributed by atoms with Crippen LogP contribution in [0.5, 0.6) is 5.75 Å². The Morgan fingerprint density at radius 1 is 1.25 bits per heavy atom. The van der Waals surface area contributed by atoms with E-state index in [4.69, 9.17) is 22.7 Å². The van der Waals surface area contributed by atoms with Crippen LogP contribution in [0.1, 0.15) is 57.8 Å². The molecule has 0 fully saturated rings. The van der Waals surface area contributed by atoms with Crippen LogP contribution in [0.15, 0.2) is 24.3 Å². The number of anilines is 1. The predicted molar refractivity (Wildman–Crippen MR) is 115 cm³/mol. The number of thiocarbonyl (C=S) groups is 1. The lowest BCUT2D eigenvalue weighted by atomic mass is 9.95. The molecule has 3 rings (SSSR count). The van der Waals surface area contributed by atoms with Gasteiger partial charge in [-0.2, -0.15) is 0 Å². The van der Waals surface area contributed by atoms with Crippen molar-refractivity contribution >= 4 is 45.5 Å². The molecular formula is C20H23N3O3S2. The first-order valence-corrected chi connectivity index (χ1v) is 10.4. The van der Waals surface area contributed by atoms with Crippen molar-refractivity contribution in [3.8, 4) is 5.75 Å². The number of carbonyl (C=O) groups excluding carboxylic acids is 2. The molecule has 148 valence electrons. The van der Waals surface area contributed by atoms with E-state index in [1.165, 1.54) is 11.3 Å². The Morgan fingerprint density at radius 2 is 2.00 bits per heavy atom. The highest BCUT2D eigenvalue weighted by molar-refractivity contribution is 7.80. The fourth-order valence-electron chi connectivity index (χ4n) is 3.21. The summed E-state index contributed by atoms with van der Waals surface area (Å²) in [6, 6.07) is 6.89. The molecule has 6 nitrogen and oxygen atoms in total. The Bertz CT molecular complexity index is 921. The molecule has 0 unspecified atom stereocenters. The SMILES string of the molecule is CC(C)Oc1cccc(C(=O)NC(=S)Nc2sc3c(c2C(N)=O)CCCC3)c1. The normalized spacial score (nSPS) is 13.0. The highest BCUT2D eigenvalue weighted by Gasteiger charge is 2.24. The zero-order chi connectivity index (χ0) is 20.3. The van der Waals surface area contributed by atoms with Crippen molar-refractivity contribution in [2.24, 2.45) is 5.73 Å². The number of thiophene rings is 1. The topological polar surface area (TPSA) is 93.4 Å². The number of nitrogens with two attached hydrogens (primary N) is 1. The molecule has 1 heterocycles. The lowest BCUT2D eigenvalue weighted by Crippen LogP contribution is -2.34. The number of rotatable bonds is 5. The number of primary amides is 1. The van der Waals surface area contributed by atoms with Crippen molar-refractivity contribution in [3.05, 3.63) is 45.8 Å². The number of ether oxygens (including phenoxy) is 1. The molecular weight excluding hydrogens is 394 g/mol. The third kappa shape index (κ3) is 4.69. The fourth-order valence-corrected chi connectivity index (χ4v) is 4.77. The van der Waals surface area contributed by atoms with E-state index in [0.717, 1.165) is 36.1 Å². The maximum absolute atomic E-state index is 12.5. The van der Waals surface area contributed by atoms with Gasteiger partial charge in [-0.3, -0.25) is 14.9 Å². The summed E-state index contributed by atoms with van der Waals surface area (Å²) in [5, 5.41) is 6.36. The van der Waals surface area contributed by atoms with Crippen molar-refractivity contribution in [1.82, 2.24) is 5.32 Å². The van der Waals surface area contributed by atoms with Crippen molar-refractivity contribution in [2.75, 3.05) is 5.32 Å². The molecule has 4 N–H and O–H groups in total. The molecule has 0 bridgehead atoms. The number of aryl methyl sites for hydroxylation is 1. The second-order valence-corrected chi connectivity index (χ2v) is 8.40. The van der Waals surface area contributed by atoms with E-state index < -0.39 is 5.91 Å². The molecule has 0 aliphatic heterocycles. The Balaban J connectivity index is 1.72. The smallest absolute Gasteiger partial charge is 0.257 e. The van der Waals surface area contributed by atoms with Crippen LogP contribution in [0.2, 0.25) is 0 Å². The maximum atomic E-state index is 12.5. The number of benzene rings is 1. The molecule has 1 aromatic carbocycles. The van der Waals surface area contributed by atoms with E-state index in [1.54, 1.807) is 24.3 Å².